The van der Waals surface area contributed by atoms with Crippen molar-refractivity contribution in [1.82, 2.24) is 10.1 Å². The van der Waals surface area contributed by atoms with Crippen LogP contribution in [0, 0.1) is 6.92 Å². The highest BCUT2D eigenvalue weighted by Gasteiger charge is 2.28. The van der Waals surface area contributed by atoms with Crippen LogP contribution in [-0.2, 0) is 10.5 Å². The van der Waals surface area contributed by atoms with Gasteiger partial charge in [-0.3, -0.25) is 4.79 Å². The molecule has 1 aromatic heterocycles. The molecular formula is C14H16N2O3S. The molecule has 1 aromatic carbocycles. The van der Waals surface area contributed by atoms with Crippen LogP contribution in [0.1, 0.15) is 25.3 Å². The second-order valence-electron chi connectivity index (χ2n) is 4.93. The predicted molar refractivity (Wildman–Crippen MR) is 77.5 cm³/mol. The van der Waals surface area contributed by atoms with Crippen molar-refractivity contribution in [3.05, 3.63) is 35.7 Å². The van der Waals surface area contributed by atoms with Gasteiger partial charge in [-0.2, -0.15) is 4.98 Å². The Balaban J connectivity index is 2.11. The number of carbonyl (C=O) groups is 1. The van der Waals surface area contributed by atoms with Crippen molar-refractivity contribution in [3.63, 3.8) is 0 Å². The minimum absolute atomic E-state index is 0.373. The van der Waals surface area contributed by atoms with Crippen molar-refractivity contribution in [1.29, 1.82) is 0 Å². The van der Waals surface area contributed by atoms with E-state index in [2.05, 4.69) is 10.1 Å². The summed E-state index contributed by atoms with van der Waals surface area (Å²) in [6, 6.07) is 7.78. The second kappa shape index (κ2) is 5.66. The van der Waals surface area contributed by atoms with Crippen LogP contribution in [0.3, 0.4) is 0 Å². The number of rotatable bonds is 5. The molecule has 5 nitrogen and oxygen atoms in total. The number of carboxylic acid groups (broad SMARTS) is 1. The van der Waals surface area contributed by atoms with E-state index in [9.17, 15) is 4.79 Å². The molecule has 0 aliphatic carbocycles. The molecule has 2 aromatic rings. The summed E-state index contributed by atoms with van der Waals surface area (Å²) >= 11 is 1.26. The number of thioether (sulfide) groups is 1. The molecule has 0 bridgehead atoms. The van der Waals surface area contributed by atoms with Crippen LogP contribution in [0.2, 0.25) is 0 Å². The van der Waals surface area contributed by atoms with E-state index in [1.54, 1.807) is 13.8 Å². The molecule has 0 atom stereocenters. The summed E-state index contributed by atoms with van der Waals surface area (Å²) in [6.07, 6.45) is 0. The molecule has 106 valence electrons. The van der Waals surface area contributed by atoms with Crippen LogP contribution in [0.4, 0.5) is 0 Å². The SMILES string of the molecule is Cc1ccccc1-c1noc(CSC(C)(C)C(=O)O)n1. The van der Waals surface area contributed by atoms with E-state index in [0.29, 0.717) is 17.5 Å². The van der Waals surface area contributed by atoms with Crippen molar-refractivity contribution in [2.45, 2.75) is 31.3 Å². The molecule has 0 amide bonds. The van der Waals surface area contributed by atoms with Crippen LogP contribution >= 0.6 is 11.8 Å². The molecule has 0 saturated heterocycles. The van der Waals surface area contributed by atoms with Gasteiger partial charge in [-0.05, 0) is 26.3 Å². The van der Waals surface area contributed by atoms with Gasteiger partial charge in [-0.1, -0.05) is 29.4 Å². The fourth-order valence-corrected chi connectivity index (χ4v) is 2.28. The van der Waals surface area contributed by atoms with Crippen molar-refractivity contribution in [3.8, 4) is 11.4 Å². The van der Waals surface area contributed by atoms with Gasteiger partial charge in [0.2, 0.25) is 11.7 Å². The smallest absolute Gasteiger partial charge is 0.319 e. The topological polar surface area (TPSA) is 76.2 Å². The Morgan fingerprint density at radius 2 is 2.10 bits per heavy atom. The van der Waals surface area contributed by atoms with Crippen molar-refractivity contribution in [2.24, 2.45) is 0 Å². The third kappa shape index (κ3) is 3.19. The van der Waals surface area contributed by atoms with Crippen molar-refractivity contribution >= 4 is 17.7 Å². The van der Waals surface area contributed by atoms with Crippen LogP contribution in [0.5, 0.6) is 0 Å². The lowest BCUT2D eigenvalue weighted by Gasteiger charge is -2.16. The maximum absolute atomic E-state index is 11.0. The van der Waals surface area contributed by atoms with Gasteiger partial charge < -0.3 is 9.63 Å². The molecule has 1 N–H and O–H groups in total. The summed E-state index contributed by atoms with van der Waals surface area (Å²) < 4.78 is 4.30. The number of hydrogen-bond acceptors (Lipinski definition) is 5. The minimum atomic E-state index is -0.878. The van der Waals surface area contributed by atoms with Gasteiger partial charge in [-0.15, -0.1) is 11.8 Å². The number of carboxylic acids is 1. The Kier molecular flexibility index (Phi) is 4.13. The molecule has 0 aliphatic heterocycles. The van der Waals surface area contributed by atoms with Gasteiger partial charge in [-0.25, -0.2) is 0 Å². The van der Waals surface area contributed by atoms with Crippen LogP contribution in [0.25, 0.3) is 11.4 Å². The highest BCUT2D eigenvalue weighted by molar-refractivity contribution is 8.00. The van der Waals surface area contributed by atoms with E-state index in [0.717, 1.165) is 11.1 Å². The molecule has 0 saturated carbocycles. The van der Waals surface area contributed by atoms with Crippen molar-refractivity contribution < 1.29 is 14.4 Å². The molecule has 0 spiro atoms. The second-order valence-corrected chi connectivity index (χ2v) is 6.53. The van der Waals surface area contributed by atoms with Crippen LogP contribution < -0.4 is 0 Å². The molecule has 0 unspecified atom stereocenters. The zero-order valence-electron chi connectivity index (χ0n) is 11.6. The lowest BCUT2D eigenvalue weighted by atomic mass is 10.1. The van der Waals surface area contributed by atoms with E-state index in [1.807, 2.05) is 31.2 Å². The van der Waals surface area contributed by atoms with Crippen LogP contribution in [0.15, 0.2) is 28.8 Å². The molecule has 0 radical (unpaired) electrons. The normalized spacial score (nSPS) is 11.6. The summed E-state index contributed by atoms with van der Waals surface area (Å²) in [5, 5.41) is 13.0. The zero-order chi connectivity index (χ0) is 14.8. The van der Waals surface area contributed by atoms with Gasteiger partial charge in [0.1, 0.15) is 4.75 Å². The number of benzene rings is 1. The van der Waals surface area contributed by atoms with E-state index >= 15 is 0 Å². The van der Waals surface area contributed by atoms with E-state index in [4.69, 9.17) is 9.63 Å². The van der Waals surface area contributed by atoms with E-state index < -0.39 is 10.7 Å². The molecule has 20 heavy (non-hydrogen) atoms. The average molecular weight is 292 g/mol. The minimum Gasteiger partial charge on any atom is -0.480 e. The Bertz CT molecular complexity index is 622. The van der Waals surface area contributed by atoms with E-state index in [1.165, 1.54) is 11.8 Å². The predicted octanol–water partition coefficient (Wildman–Crippen LogP) is 3.14. The maximum Gasteiger partial charge on any atom is 0.319 e. The number of aryl methyl sites for hydroxylation is 1. The molecular weight excluding hydrogens is 276 g/mol. The number of aliphatic carboxylic acids is 1. The highest BCUT2D eigenvalue weighted by atomic mass is 32.2. The summed E-state index contributed by atoms with van der Waals surface area (Å²) in [6.45, 7) is 5.28. The Hall–Kier alpha value is -1.82. The summed E-state index contributed by atoms with van der Waals surface area (Å²) in [7, 11) is 0. The lowest BCUT2D eigenvalue weighted by Crippen LogP contribution is -2.27. The fraction of sp³-hybridized carbons (Fsp3) is 0.357. The first-order valence-electron chi connectivity index (χ1n) is 6.16. The van der Waals surface area contributed by atoms with Gasteiger partial charge in [0.05, 0.1) is 5.75 Å². The highest BCUT2D eigenvalue weighted by Crippen LogP contribution is 2.28. The molecule has 0 aliphatic rings. The van der Waals surface area contributed by atoms with Gasteiger partial charge >= 0.3 is 5.97 Å². The largest absolute Gasteiger partial charge is 0.480 e. The summed E-state index contributed by atoms with van der Waals surface area (Å²) in [4.78, 5) is 15.3. The van der Waals surface area contributed by atoms with E-state index in [-0.39, 0.29) is 0 Å². The Labute approximate surface area is 121 Å². The third-order valence-electron chi connectivity index (χ3n) is 2.93. The molecule has 6 heteroatoms. The molecule has 1 heterocycles. The number of aromatic nitrogens is 2. The third-order valence-corrected chi connectivity index (χ3v) is 4.21. The molecule has 2 rings (SSSR count). The summed E-state index contributed by atoms with van der Waals surface area (Å²) in [5.41, 5.74) is 1.99. The number of hydrogen-bond donors (Lipinski definition) is 1. The average Bonchev–Trinajstić information content (AvgIpc) is 2.85. The van der Waals surface area contributed by atoms with Crippen LogP contribution in [-0.4, -0.2) is 26.0 Å². The Morgan fingerprint density at radius 1 is 1.40 bits per heavy atom. The first kappa shape index (κ1) is 14.6. The fourth-order valence-electron chi connectivity index (χ4n) is 1.55. The van der Waals surface area contributed by atoms with Crippen molar-refractivity contribution in [2.75, 3.05) is 0 Å². The maximum atomic E-state index is 11.0. The first-order valence-corrected chi connectivity index (χ1v) is 7.14. The van der Waals surface area contributed by atoms with Gasteiger partial charge in [0, 0.05) is 5.56 Å². The summed E-state index contributed by atoms with van der Waals surface area (Å²) in [5.74, 6) is 0.480. The first-order chi connectivity index (χ1) is 9.40. The van der Waals surface area contributed by atoms with Gasteiger partial charge in [0.15, 0.2) is 0 Å². The lowest BCUT2D eigenvalue weighted by molar-refractivity contribution is -0.138. The standard InChI is InChI=1S/C14H16N2O3S/c1-9-6-4-5-7-10(9)12-15-11(19-16-12)8-20-14(2,3)13(17)18/h4-7H,8H2,1-3H3,(H,17,18). The number of nitrogens with zero attached hydrogens (tertiary/aromatic N) is 2. The van der Waals surface area contributed by atoms with Gasteiger partial charge in [0.25, 0.3) is 0 Å². The quantitative estimate of drug-likeness (QED) is 0.912. The molecule has 0 fully saturated rings. The monoisotopic (exact) mass is 292 g/mol. The Morgan fingerprint density at radius 3 is 2.75 bits per heavy atom. The zero-order valence-corrected chi connectivity index (χ0v) is 12.4.